The van der Waals surface area contributed by atoms with Crippen LogP contribution in [0.1, 0.15) is 44.2 Å². The van der Waals surface area contributed by atoms with Crippen molar-refractivity contribution in [1.29, 1.82) is 0 Å². The molecule has 1 heterocycles. The summed E-state index contributed by atoms with van der Waals surface area (Å²) in [7, 11) is 0. The first-order valence-electron chi connectivity index (χ1n) is 8.32. The average Bonchev–Trinajstić information content (AvgIpc) is 3.04. The average molecular weight is 288 g/mol. The fourth-order valence-corrected chi connectivity index (χ4v) is 2.99. The second kappa shape index (κ2) is 8.18. The standard InChI is InChI=1S/C18H28N2O/c1-3-13-20(17-11-12-19-14-17)18(21)10-9-16-7-5-15(4-2)6-8-16/h5-8,17,19H,3-4,9-14H2,1-2H3. The third-order valence-electron chi connectivity index (χ3n) is 4.32. The van der Waals surface area contributed by atoms with Crippen LogP contribution < -0.4 is 5.32 Å². The van der Waals surface area contributed by atoms with Gasteiger partial charge in [0.05, 0.1) is 0 Å². The lowest BCUT2D eigenvalue weighted by Crippen LogP contribution is -2.42. The number of hydrogen-bond acceptors (Lipinski definition) is 2. The van der Waals surface area contributed by atoms with Gasteiger partial charge in [-0.1, -0.05) is 38.1 Å². The van der Waals surface area contributed by atoms with Crippen molar-refractivity contribution in [3.8, 4) is 0 Å². The van der Waals surface area contributed by atoms with Gasteiger partial charge in [0.1, 0.15) is 0 Å². The summed E-state index contributed by atoms with van der Waals surface area (Å²) in [6.45, 7) is 7.19. The largest absolute Gasteiger partial charge is 0.338 e. The van der Waals surface area contributed by atoms with Crippen LogP contribution >= 0.6 is 0 Å². The maximum atomic E-state index is 12.5. The molecule has 1 amide bonds. The summed E-state index contributed by atoms with van der Waals surface area (Å²) in [6.07, 6.45) is 4.67. The van der Waals surface area contributed by atoms with Crippen LogP contribution in [0.15, 0.2) is 24.3 Å². The zero-order valence-electron chi connectivity index (χ0n) is 13.4. The molecule has 1 unspecified atom stereocenters. The molecule has 0 saturated carbocycles. The van der Waals surface area contributed by atoms with Crippen molar-refractivity contribution in [2.45, 2.75) is 52.0 Å². The Morgan fingerprint density at radius 2 is 1.95 bits per heavy atom. The van der Waals surface area contributed by atoms with Crippen LogP contribution in [0, 0.1) is 0 Å². The van der Waals surface area contributed by atoms with Crippen LogP contribution in [0.3, 0.4) is 0 Å². The predicted octanol–water partition coefficient (Wildman–Crippen LogP) is 2.78. The van der Waals surface area contributed by atoms with E-state index in [1.54, 1.807) is 0 Å². The summed E-state index contributed by atoms with van der Waals surface area (Å²) < 4.78 is 0. The highest BCUT2D eigenvalue weighted by Gasteiger charge is 2.25. The molecule has 0 bridgehead atoms. The van der Waals surface area contributed by atoms with E-state index < -0.39 is 0 Å². The highest BCUT2D eigenvalue weighted by Crippen LogP contribution is 2.13. The van der Waals surface area contributed by atoms with Gasteiger partial charge in [-0.3, -0.25) is 4.79 Å². The molecule has 1 atom stereocenters. The molecule has 116 valence electrons. The van der Waals surface area contributed by atoms with Gasteiger partial charge in [0, 0.05) is 25.6 Å². The number of benzene rings is 1. The Morgan fingerprint density at radius 3 is 2.52 bits per heavy atom. The van der Waals surface area contributed by atoms with Gasteiger partial charge in [-0.2, -0.15) is 0 Å². The fraction of sp³-hybridized carbons (Fsp3) is 0.611. The number of hydrogen-bond donors (Lipinski definition) is 1. The van der Waals surface area contributed by atoms with Gasteiger partial charge < -0.3 is 10.2 Å². The summed E-state index contributed by atoms with van der Waals surface area (Å²) in [5.41, 5.74) is 2.62. The molecule has 1 aliphatic rings. The molecule has 3 nitrogen and oxygen atoms in total. The fourth-order valence-electron chi connectivity index (χ4n) is 2.99. The number of aryl methyl sites for hydroxylation is 2. The van der Waals surface area contributed by atoms with E-state index in [1.807, 2.05) is 0 Å². The number of carbonyl (C=O) groups is 1. The van der Waals surface area contributed by atoms with Crippen LogP contribution in [0.4, 0.5) is 0 Å². The van der Waals surface area contributed by atoms with Gasteiger partial charge in [0.15, 0.2) is 0 Å². The number of nitrogens with zero attached hydrogens (tertiary/aromatic N) is 1. The summed E-state index contributed by atoms with van der Waals surface area (Å²) in [5.74, 6) is 0.310. The van der Waals surface area contributed by atoms with Crippen molar-refractivity contribution in [3.63, 3.8) is 0 Å². The third kappa shape index (κ3) is 4.57. The summed E-state index contributed by atoms with van der Waals surface area (Å²) in [4.78, 5) is 14.6. The molecule has 0 radical (unpaired) electrons. The summed E-state index contributed by atoms with van der Waals surface area (Å²) >= 11 is 0. The third-order valence-corrected chi connectivity index (χ3v) is 4.32. The minimum atomic E-state index is 0.310. The van der Waals surface area contributed by atoms with Crippen molar-refractivity contribution >= 4 is 5.91 Å². The Kier molecular flexibility index (Phi) is 6.24. The molecule has 1 aromatic carbocycles. The molecular formula is C18H28N2O. The molecule has 1 N–H and O–H groups in total. The Hall–Kier alpha value is -1.35. The zero-order valence-corrected chi connectivity index (χ0v) is 13.4. The molecule has 0 aromatic heterocycles. The summed E-state index contributed by atoms with van der Waals surface area (Å²) in [6, 6.07) is 9.07. The number of amides is 1. The molecule has 0 spiro atoms. The minimum absolute atomic E-state index is 0.310. The van der Waals surface area contributed by atoms with Crippen molar-refractivity contribution in [2.75, 3.05) is 19.6 Å². The first-order valence-corrected chi connectivity index (χ1v) is 8.32. The molecule has 1 aromatic rings. The van der Waals surface area contributed by atoms with E-state index in [4.69, 9.17) is 0 Å². The zero-order chi connectivity index (χ0) is 15.1. The van der Waals surface area contributed by atoms with E-state index in [0.29, 0.717) is 18.4 Å². The van der Waals surface area contributed by atoms with Crippen molar-refractivity contribution < 1.29 is 4.79 Å². The SMILES string of the molecule is CCCN(C(=O)CCc1ccc(CC)cc1)C1CCNC1. The number of rotatable bonds is 7. The smallest absolute Gasteiger partial charge is 0.223 e. The Morgan fingerprint density at radius 1 is 1.24 bits per heavy atom. The van der Waals surface area contributed by atoms with Gasteiger partial charge in [0.25, 0.3) is 0 Å². The van der Waals surface area contributed by atoms with Gasteiger partial charge >= 0.3 is 0 Å². The van der Waals surface area contributed by atoms with E-state index in [0.717, 1.165) is 45.3 Å². The lowest BCUT2D eigenvalue weighted by molar-refractivity contribution is -0.133. The summed E-state index contributed by atoms with van der Waals surface area (Å²) in [5, 5.41) is 3.36. The molecule has 1 saturated heterocycles. The maximum Gasteiger partial charge on any atom is 0.223 e. The minimum Gasteiger partial charge on any atom is -0.338 e. The van der Waals surface area contributed by atoms with E-state index in [1.165, 1.54) is 11.1 Å². The Bertz CT molecular complexity index is 435. The van der Waals surface area contributed by atoms with Gasteiger partial charge in [0.2, 0.25) is 5.91 Å². The predicted molar refractivity (Wildman–Crippen MR) is 87.4 cm³/mol. The van der Waals surface area contributed by atoms with Gasteiger partial charge in [-0.25, -0.2) is 0 Å². The Balaban J connectivity index is 1.88. The second-order valence-corrected chi connectivity index (χ2v) is 5.90. The molecular weight excluding hydrogens is 260 g/mol. The van der Waals surface area contributed by atoms with Gasteiger partial charge in [-0.05, 0) is 43.4 Å². The van der Waals surface area contributed by atoms with Crippen molar-refractivity contribution in [1.82, 2.24) is 10.2 Å². The molecule has 1 fully saturated rings. The molecule has 1 aliphatic heterocycles. The van der Waals surface area contributed by atoms with Crippen LogP contribution in [-0.2, 0) is 17.6 Å². The first kappa shape index (κ1) is 16.0. The van der Waals surface area contributed by atoms with E-state index in [2.05, 4.69) is 48.3 Å². The molecule has 3 heteroatoms. The van der Waals surface area contributed by atoms with Crippen molar-refractivity contribution in [2.24, 2.45) is 0 Å². The van der Waals surface area contributed by atoms with E-state index in [-0.39, 0.29) is 0 Å². The highest BCUT2D eigenvalue weighted by atomic mass is 16.2. The van der Waals surface area contributed by atoms with Crippen LogP contribution in [0.2, 0.25) is 0 Å². The molecule has 0 aliphatic carbocycles. The monoisotopic (exact) mass is 288 g/mol. The molecule has 2 rings (SSSR count). The topological polar surface area (TPSA) is 32.3 Å². The first-order chi connectivity index (χ1) is 10.2. The maximum absolute atomic E-state index is 12.5. The van der Waals surface area contributed by atoms with E-state index >= 15 is 0 Å². The normalized spacial score (nSPS) is 17.9. The van der Waals surface area contributed by atoms with Gasteiger partial charge in [-0.15, -0.1) is 0 Å². The van der Waals surface area contributed by atoms with E-state index in [9.17, 15) is 4.79 Å². The number of carbonyl (C=O) groups excluding carboxylic acids is 1. The highest BCUT2D eigenvalue weighted by molar-refractivity contribution is 5.76. The van der Waals surface area contributed by atoms with Crippen LogP contribution in [-0.4, -0.2) is 36.5 Å². The number of nitrogens with one attached hydrogen (secondary N) is 1. The van der Waals surface area contributed by atoms with Crippen molar-refractivity contribution in [3.05, 3.63) is 35.4 Å². The van der Waals surface area contributed by atoms with Crippen LogP contribution in [0.25, 0.3) is 0 Å². The quantitative estimate of drug-likeness (QED) is 0.837. The molecule has 21 heavy (non-hydrogen) atoms. The van der Waals surface area contributed by atoms with Crippen LogP contribution in [0.5, 0.6) is 0 Å². The lowest BCUT2D eigenvalue weighted by atomic mass is 10.1. The lowest BCUT2D eigenvalue weighted by Gasteiger charge is -2.28. The Labute approximate surface area is 128 Å². The second-order valence-electron chi connectivity index (χ2n) is 5.90.